The van der Waals surface area contributed by atoms with Gasteiger partial charge in [-0.25, -0.2) is 0 Å². The summed E-state index contributed by atoms with van der Waals surface area (Å²) >= 11 is 1.70. The van der Waals surface area contributed by atoms with Gasteiger partial charge in [0.05, 0.1) is 6.61 Å². The fraction of sp³-hybridized carbons (Fsp3) is 0.188. The lowest BCUT2D eigenvalue weighted by Gasteiger charge is -2.11. The number of carbonyl (C=O) groups excluding carboxylic acids is 1. The average Bonchev–Trinajstić information content (AvgIpc) is 2.47. The fourth-order valence-corrected chi connectivity index (χ4v) is 2.72. The third-order valence-electron chi connectivity index (χ3n) is 2.78. The Morgan fingerprint density at radius 2 is 1.95 bits per heavy atom. The molecule has 2 aromatic carbocycles. The molecule has 0 aliphatic carbocycles. The lowest BCUT2D eigenvalue weighted by molar-refractivity contribution is 0.1000. The molecule has 0 radical (unpaired) electrons. The van der Waals surface area contributed by atoms with Crippen LogP contribution in [-0.4, -0.2) is 12.5 Å². The van der Waals surface area contributed by atoms with Crippen molar-refractivity contribution in [2.24, 2.45) is 5.73 Å². The number of hydrogen-bond acceptors (Lipinski definition) is 3. The van der Waals surface area contributed by atoms with Crippen LogP contribution in [0.4, 0.5) is 0 Å². The van der Waals surface area contributed by atoms with Crippen molar-refractivity contribution in [1.29, 1.82) is 0 Å². The molecule has 1 amide bonds. The minimum atomic E-state index is -0.418. The van der Waals surface area contributed by atoms with Gasteiger partial charge in [-0.05, 0) is 37.3 Å². The van der Waals surface area contributed by atoms with E-state index in [1.165, 1.54) is 4.90 Å². The van der Waals surface area contributed by atoms with Crippen LogP contribution in [0, 0.1) is 0 Å². The van der Waals surface area contributed by atoms with Gasteiger partial charge in [-0.3, -0.25) is 4.79 Å². The second-order valence-corrected chi connectivity index (χ2v) is 5.27. The molecule has 0 saturated heterocycles. The quantitative estimate of drug-likeness (QED) is 0.828. The summed E-state index contributed by atoms with van der Waals surface area (Å²) in [6.07, 6.45) is 0. The first-order chi connectivity index (χ1) is 9.70. The Labute approximate surface area is 123 Å². The van der Waals surface area contributed by atoms with Crippen LogP contribution in [0.2, 0.25) is 0 Å². The summed E-state index contributed by atoms with van der Waals surface area (Å²) in [6.45, 7) is 2.54. The van der Waals surface area contributed by atoms with Crippen molar-refractivity contribution in [3.05, 3.63) is 59.7 Å². The molecular formula is C16H17NO2S. The molecule has 0 bridgehead atoms. The smallest absolute Gasteiger partial charge is 0.248 e. The topological polar surface area (TPSA) is 52.3 Å². The first kappa shape index (κ1) is 14.5. The number of benzene rings is 2. The van der Waals surface area contributed by atoms with Crippen LogP contribution in [0.5, 0.6) is 5.75 Å². The molecule has 0 spiro atoms. The monoisotopic (exact) mass is 287 g/mol. The summed E-state index contributed by atoms with van der Waals surface area (Å²) in [6, 6.07) is 15.4. The predicted octanol–water partition coefficient (Wildman–Crippen LogP) is 3.48. The highest BCUT2D eigenvalue weighted by molar-refractivity contribution is 7.98. The highest BCUT2D eigenvalue weighted by atomic mass is 32.2. The number of hydrogen-bond donors (Lipinski definition) is 1. The Balaban J connectivity index is 2.19. The molecule has 0 saturated carbocycles. The van der Waals surface area contributed by atoms with Gasteiger partial charge in [-0.15, -0.1) is 11.8 Å². The molecule has 2 N–H and O–H groups in total. The largest absolute Gasteiger partial charge is 0.494 e. The van der Waals surface area contributed by atoms with E-state index >= 15 is 0 Å². The molecule has 0 atom stereocenters. The average molecular weight is 287 g/mol. The van der Waals surface area contributed by atoms with Gasteiger partial charge < -0.3 is 10.5 Å². The molecule has 0 aliphatic rings. The number of ether oxygens (including phenoxy) is 1. The van der Waals surface area contributed by atoms with Gasteiger partial charge in [0.25, 0.3) is 0 Å². The summed E-state index contributed by atoms with van der Waals surface area (Å²) < 4.78 is 5.59. The Morgan fingerprint density at radius 1 is 1.20 bits per heavy atom. The number of nitrogens with two attached hydrogens (primary N) is 1. The van der Waals surface area contributed by atoms with Crippen molar-refractivity contribution in [1.82, 2.24) is 0 Å². The van der Waals surface area contributed by atoms with Gasteiger partial charge in [-0.1, -0.05) is 18.2 Å². The van der Waals surface area contributed by atoms with E-state index < -0.39 is 5.91 Å². The van der Waals surface area contributed by atoms with Crippen LogP contribution in [0.15, 0.2) is 53.4 Å². The summed E-state index contributed by atoms with van der Waals surface area (Å²) in [5.74, 6) is 1.13. The summed E-state index contributed by atoms with van der Waals surface area (Å²) in [7, 11) is 0. The fourth-order valence-electron chi connectivity index (χ4n) is 1.82. The molecule has 4 heteroatoms. The second kappa shape index (κ2) is 7.01. The lowest BCUT2D eigenvalue weighted by Crippen LogP contribution is -2.11. The third kappa shape index (κ3) is 3.78. The van der Waals surface area contributed by atoms with Gasteiger partial charge in [0.15, 0.2) is 0 Å². The zero-order valence-electron chi connectivity index (χ0n) is 11.3. The van der Waals surface area contributed by atoms with E-state index in [2.05, 4.69) is 12.1 Å². The number of carbonyl (C=O) groups is 1. The van der Waals surface area contributed by atoms with Gasteiger partial charge >= 0.3 is 0 Å². The predicted molar refractivity (Wildman–Crippen MR) is 82.1 cm³/mol. The van der Waals surface area contributed by atoms with Gasteiger partial charge in [0.2, 0.25) is 5.91 Å². The molecular weight excluding hydrogens is 270 g/mol. The van der Waals surface area contributed by atoms with E-state index in [1.807, 2.05) is 37.3 Å². The highest BCUT2D eigenvalue weighted by Crippen LogP contribution is 2.28. The highest BCUT2D eigenvalue weighted by Gasteiger charge is 2.08. The third-order valence-corrected chi connectivity index (χ3v) is 3.84. The van der Waals surface area contributed by atoms with Crippen LogP contribution in [0.25, 0.3) is 0 Å². The Morgan fingerprint density at radius 3 is 2.60 bits per heavy atom. The van der Waals surface area contributed by atoms with Crippen LogP contribution in [0.3, 0.4) is 0 Å². The molecule has 2 rings (SSSR count). The maximum Gasteiger partial charge on any atom is 0.248 e. The minimum Gasteiger partial charge on any atom is -0.494 e. The van der Waals surface area contributed by atoms with Gasteiger partial charge in [-0.2, -0.15) is 0 Å². The Hall–Kier alpha value is -1.94. The zero-order valence-corrected chi connectivity index (χ0v) is 12.2. The molecule has 104 valence electrons. The van der Waals surface area contributed by atoms with Crippen molar-refractivity contribution in [2.75, 3.05) is 6.61 Å². The van der Waals surface area contributed by atoms with Gasteiger partial charge in [0, 0.05) is 21.8 Å². The number of amides is 1. The zero-order chi connectivity index (χ0) is 14.4. The van der Waals surface area contributed by atoms with E-state index in [-0.39, 0.29) is 0 Å². The molecule has 0 unspecified atom stereocenters. The molecule has 20 heavy (non-hydrogen) atoms. The first-order valence-electron chi connectivity index (χ1n) is 6.44. The van der Waals surface area contributed by atoms with E-state index in [4.69, 9.17) is 10.5 Å². The van der Waals surface area contributed by atoms with E-state index in [0.29, 0.717) is 12.2 Å². The van der Waals surface area contributed by atoms with Crippen LogP contribution >= 0.6 is 11.8 Å². The molecule has 0 aromatic heterocycles. The summed E-state index contributed by atoms with van der Waals surface area (Å²) in [4.78, 5) is 12.5. The number of primary amides is 1. The standard InChI is InChI=1S/C16H17NO2S/c1-2-19-15-9-8-12(16(17)18)10-13(15)11-20-14-6-4-3-5-7-14/h3-10H,2,11H2,1H3,(H2,17,18). The lowest BCUT2D eigenvalue weighted by atomic mass is 10.1. The first-order valence-corrected chi connectivity index (χ1v) is 7.42. The van der Waals surface area contributed by atoms with E-state index in [9.17, 15) is 4.79 Å². The van der Waals surface area contributed by atoms with E-state index in [0.717, 1.165) is 17.1 Å². The Bertz CT molecular complexity index is 584. The molecule has 0 fully saturated rings. The molecule has 2 aromatic rings. The second-order valence-electron chi connectivity index (χ2n) is 4.22. The van der Waals surface area contributed by atoms with Crippen LogP contribution in [0.1, 0.15) is 22.8 Å². The van der Waals surface area contributed by atoms with Crippen LogP contribution in [-0.2, 0) is 5.75 Å². The van der Waals surface area contributed by atoms with Crippen molar-refractivity contribution in [3.8, 4) is 5.75 Å². The maximum atomic E-state index is 11.3. The number of thioether (sulfide) groups is 1. The van der Waals surface area contributed by atoms with Crippen molar-refractivity contribution < 1.29 is 9.53 Å². The molecule has 0 aliphatic heterocycles. The summed E-state index contributed by atoms with van der Waals surface area (Å²) in [5, 5.41) is 0. The molecule has 3 nitrogen and oxygen atoms in total. The normalized spacial score (nSPS) is 10.2. The van der Waals surface area contributed by atoms with E-state index in [1.54, 1.807) is 17.8 Å². The molecule has 0 heterocycles. The Kier molecular flexibility index (Phi) is 5.07. The minimum absolute atomic E-state index is 0.418. The summed E-state index contributed by atoms with van der Waals surface area (Å²) in [5.41, 5.74) is 6.82. The number of rotatable bonds is 6. The SMILES string of the molecule is CCOc1ccc(C(N)=O)cc1CSc1ccccc1. The van der Waals surface area contributed by atoms with Crippen molar-refractivity contribution in [2.45, 2.75) is 17.6 Å². The maximum absolute atomic E-state index is 11.3. The van der Waals surface area contributed by atoms with Crippen LogP contribution < -0.4 is 10.5 Å². The van der Waals surface area contributed by atoms with Crippen molar-refractivity contribution >= 4 is 17.7 Å². The van der Waals surface area contributed by atoms with Crippen molar-refractivity contribution in [3.63, 3.8) is 0 Å². The van der Waals surface area contributed by atoms with Gasteiger partial charge in [0.1, 0.15) is 5.75 Å².